The minimum Gasteiger partial charge on any atom is -0.496 e. The van der Waals surface area contributed by atoms with Crippen molar-refractivity contribution in [2.24, 2.45) is 5.92 Å². The predicted octanol–water partition coefficient (Wildman–Crippen LogP) is 4.85. The van der Waals surface area contributed by atoms with E-state index in [4.69, 9.17) is 18.6 Å². The van der Waals surface area contributed by atoms with Gasteiger partial charge < -0.3 is 28.6 Å². The standard InChI is InChI=1S/C27H29NO7/c1-16(11-26(29)28-9-7-17(8-10-28)27(30)31)19-13-20-21(15-35-24(20)14-23(19)33-3)18-5-6-22(32-2)25(12-18)34-4/h5-6,11-15,17H,7-10H2,1-4H3,(H,30,31)/b16-11+. The molecule has 1 aromatic heterocycles. The predicted molar refractivity (Wildman–Crippen MR) is 132 cm³/mol. The van der Waals surface area contributed by atoms with E-state index in [-0.39, 0.29) is 11.8 Å². The molecule has 0 spiro atoms. The van der Waals surface area contributed by atoms with Crippen molar-refractivity contribution >= 4 is 28.4 Å². The Morgan fingerprint density at radius 3 is 2.31 bits per heavy atom. The first-order chi connectivity index (χ1) is 16.9. The van der Waals surface area contributed by atoms with Crippen LogP contribution in [0.15, 0.2) is 47.1 Å². The van der Waals surface area contributed by atoms with Gasteiger partial charge in [0.1, 0.15) is 11.3 Å². The summed E-state index contributed by atoms with van der Waals surface area (Å²) in [6.07, 6.45) is 4.20. The second kappa shape index (κ2) is 10.1. The Hall–Kier alpha value is -3.94. The van der Waals surface area contributed by atoms with Crippen molar-refractivity contribution in [2.75, 3.05) is 34.4 Å². The van der Waals surface area contributed by atoms with Gasteiger partial charge in [-0.25, -0.2) is 0 Å². The van der Waals surface area contributed by atoms with E-state index in [9.17, 15) is 14.7 Å². The zero-order valence-corrected chi connectivity index (χ0v) is 20.3. The van der Waals surface area contributed by atoms with Gasteiger partial charge in [0.05, 0.1) is 33.5 Å². The minimum absolute atomic E-state index is 0.138. The molecule has 1 amide bonds. The van der Waals surface area contributed by atoms with Gasteiger partial charge in [-0.15, -0.1) is 0 Å². The van der Waals surface area contributed by atoms with Crippen LogP contribution in [0.3, 0.4) is 0 Å². The molecule has 0 unspecified atom stereocenters. The highest BCUT2D eigenvalue weighted by atomic mass is 16.5. The fourth-order valence-corrected chi connectivity index (χ4v) is 4.46. The van der Waals surface area contributed by atoms with Crippen molar-refractivity contribution in [3.8, 4) is 28.4 Å². The maximum atomic E-state index is 12.9. The number of nitrogens with zero attached hydrogens (tertiary/aromatic N) is 1. The van der Waals surface area contributed by atoms with E-state index in [1.165, 1.54) is 0 Å². The highest BCUT2D eigenvalue weighted by molar-refractivity contribution is 6.00. The Morgan fingerprint density at radius 2 is 1.69 bits per heavy atom. The second-order valence-corrected chi connectivity index (χ2v) is 8.53. The van der Waals surface area contributed by atoms with E-state index >= 15 is 0 Å². The largest absolute Gasteiger partial charge is 0.496 e. The number of allylic oxidation sites excluding steroid dienone is 1. The van der Waals surface area contributed by atoms with Crippen LogP contribution in [-0.2, 0) is 9.59 Å². The summed E-state index contributed by atoms with van der Waals surface area (Å²) >= 11 is 0. The van der Waals surface area contributed by atoms with Gasteiger partial charge in [0.25, 0.3) is 0 Å². The molecule has 1 N–H and O–H groups in total. The number of methoxy groups -OCH3 is 3. The molecule has 1 saturated heterocycles. The van der Waals surface area contributed by atoms with Gasteiger partial charge in [-0.1, -0.05) is 6.07 Å². The summed E-state index contributed by atoms with van der Waals surface area (Å²) in [5, 5.41) is 10.1. The van der Waals surface area contributed by atoms with Crippen molar-refractivity contribution < 1.29 is 33.3 Å². The first kappa shape index (κ1) is 24.2. The molecule has 2 aromatic carbocycles. The van der Waals surface area contributed by atoms with Crippen LogP contribution in [0.2, 0.25) is 0 Å². The third-order valence-electron chi connectivity index (χ3n) is 6.51. The Labute approximate surface area is 203 Å². The highest BCUT2D eigenvalue weighted by Crippen LogP contribution is 2.40. The molecular weight excluding hydrogens is 450 g/mol. The zero-order valence-electron chi connectivity index (χ0n) is 20.3. The number of furan rings is 1. The lowest BCUT2D eigenvalue weighted by molar-refractivity contribution is -0.144. The summed E-state index contributed by atoms with van der Waals surface area (Å²) < 4.78 is 22.2. The molecule has 1 fully saturated rings. The van der Waals surface area contributed by atoms with Crippen molar-refractivity contribution in [1.29, 1.82) is 0 Å². The van der Waals surface area contributed by atoms with Crippen LogP contribution >= 0.6 is 0 Å². The van der Waals surface area contributed by atoms with Gasteiger partial charge in [-0.05, 0) is 49.1 Å². The number of carbonyl (C=O) groups excluding carboxylic acids is 1. The van der Waals surface area contributed by atoms with Gasteiger partial charge in [0.15, 0.2) is 11.5 Å². The summed E-state index contributed by atoms with van der Waals surface area (Å²) in [5.74, 6) is 0.519. The van der Waals surface area contributed by atoms with E-state index in [1.807, 2.05) is 37.3 Å². The Balaban J connectivity index is 1.67. The van der Waals surface area contributed by atoms with Crippen molar-refractivity contribution in [2.45, 2.75) is 19.8 Å². The fraction of sp³-hybridized carbons (Fsp3) is 0.333. The van der Waals surface area contributed by atoms with Crippen molar-refractivity contribution in [3.05, 3.63) is 48.2 Å². The topological polar surface area (TPSA) is 98.4 Å². The number of carboxylic acids is 1. The summed E-state index contributed by atoms with van der Waals surface area (Å²) in [6.45, 7) is 2.73. The van der Waals surface area contributed by atoms with Crippen molar-refractivity contribution in [1.82, 2.24) is 4.90 Å². The van der Waals surface area contributed by atoms with E-state index in [2.05, 4.69) is 0 Å². The molecule has 8 heteroatoms. The van der Waals surface area contributed by atoms with Crippen LogP contribution < -0.4 is 14.2 Å². The Kier molecular flexibility index (Phi) is 7.00. The average molecular weight is 480 g/mol. The van der Waals surface area contributed by atoms with Crippen LogP contribution in [0.5, 0.6) is 17.2 Å². The van der Waals surface area contributed by atoms with E-state index in [0.717, 1.165) is 27.6 Å². The average Bonchev–Trinajstić information content (AvgIpc) is 3.30. The smallest absolute Gasteiger partial charge is 0.306 e. The van der Waals surface area contributed by atoms with Crippen LogP contribution in [-0.4, -0.2) is 56.3 Å². The minimum atomic E-state index is -0.799. The van der Waals surface area contributed by atoms with Crippen LogP contribution in [0.4, 0.5) is 0 Å². The Morgan fingerprint density at radius 1 is 1.00 bits per heavy atom. The number of rotatable bonds is 7. The third kappa shape index (κ3) is 4.82. The number of amides is 1. The van der Waals surface area contributed by atoms with E-state index in [1.54, 1.807) is 38.6 Å². The summed E-state index contributed by atoms with van der Waals surface area (Å²) in [4.78, 5) is 25.8. The van der Waals surface area contributed by atoms with Gasteiger partial charge >= 0.3 is 5.97 Å². The molecule has 0 bridgehead atoms. The van der Waals surface area contributed by atoms with Gasteiger partial charge in [-0.3, -0.25) is 9.59 Å². The number of likely N-dealkylation sites (tertiary alicyclic amines) is 1. The number of carboxylic acid groups (broad SMARTS) is 1. The van der Waals surface area contributed by atoms with Gasteiger partial charge in [0.2, 0.25) is 5.91 Å². The van der Waals surface area contributed by atoms with Crippen molar-refractivity contribution in [3.63, 3.8) is 0 Å². The quantitative estimate of drug-likeness (QED) is 0.484. The molecule has 8 nitrogen and oxygen atoms in total. The fourth-order valence-electron chi connectivity index (χ4n) is 4.46. The number of hydrogen-bond donors (Lipinski definition) is 1. The van der Waals surface area contributed by atoms with E-state index < -0.39 is 5.97 Å². The molecule has 1 aliphatic heterocycles. The van der Waals surface area contributed by atoms with Crippen LogP contribution in [0.25, 0.3) is 27.7 Å². The number of aliphatic carboxylic acids is 1. The molecule has 4 rings (SSSR count). The molecule has 3 aromatic rings. The number of carbonyl (C=O) groups is 2. The lowest BCUT2D eigenvalue weighted by Gasteiger charge is -2.29. The van der Waals surface area contributed by atoms with E-state index in [0.29, 0.717) is 48.8 Å². The molecule has 2 heterocycles. The molecule has 35 heavy (non-hydrogen) atoms. The molecule has 0 atom stereocenters. The second-order valence-electron chi connectivity index (χ2n) is 8.53. The lowest BCUT2D eigenvalue weighted by atomic mass is 9.96. The molecule has 1 aliphatic rings. The highest BCUT2D eigenvalue weighted by Gasteiger charge is 2.26. The number of benzene rings is 2. The molecule has 184 valence electrons. The first-order valence-electron chi connectivity index (χ1n) is 11.4. The number of ether oxygens (including phenoxy) is 3. The molecule has 0 saturated carbocycles. The normalized spacial score (nSPS) is 14.7. The first-order valence-corrected chi connectivity index (χ1v) is 11.4. The number of hydrogen-bond acceptors (Lipinski definition) is 6. The van der Waals surface area contributed by atoms with Gasteiger partial charge in [0, 0.05) is 41.7 Å². The zero-order chi connectivity index (χ0) is 25.1. The number of piperidine rings is 1. The lowest BCUT2D eigenvalue weighted by Crippen LogP contribution is -2.39. The summed E-state index contributed by atoms with van der Waals surface area (Å²) in [7, 11) is 4.76. The van der Waals surface area contributed by atoms with Crippen LogP contribution in [0, 0.1) is 5.92 Å². The molecule has 0 aliphatic carbocycles. The van der Waals surface area contributed by atoms with Gasteiger partial charge in [-0.2, -0.15) is 0 Å². The monoisotopic (exact) mass is 479 g/mol. The SMILES string of the molecule is COc1ccc(-c2coc3cc(OC)c(/C(C)=C/C(=O)N4CCC(C(=O)O)CC4)cc23)cc1OC. The summed E-state index contributed by atoms with van der Waals surface area (Å²) in [6, 6.07) is 9.44. The summed E-state index contributed by atoms with van der Waals surface area (Å²) in [5.41, 5.74) is 3.95. The maximum Gasteiger partial charge on any atom is 0.306 e. The molecular formula is C27H29NO7. The number of fused-ring (bicyclic) bond motifs is 1. The third-order valence-corrected chi connectivity index (χ3v) is 6.51. The Bertz CT molecular complexity index is 1280. The maximum absolute atomic E-state index is 12.9. The molecule has 0 radical (unpaired) electrons. The van der Waals surface area contributed by atoms with Crippen LogP contribution in [0.1, 0.15) is 25.3 Å².